The number of rotatable bonds is 4. The second-order valence-electron chi connectivity index (χ2n) is 7.60. The molecule has 0 unspecified atom stereocenters. The van der Waals surface area contributed by atoms with E-state index in [9.17, 15) is 13.2 Å². The lowest BCUT2D eigenvalue weighted by atomic mass is 10.1. The van der Waals surface area contributed by atoms with Crippen LogP contribution in [0.3, 0.4) is 0 Å². The molecule has 4 heterocycles. The third-order valence-corrected chi connectivity index (χ3v) is 6.15. The van der Waals surface area contributed by atoms with Crippen molar-refractivity contribution in [3.63, 3.8) is 0 Å². The summed E-state index contributed by atoms with van der Waals surface area (Å²) in [5, 5.41) is 14.5. The van der Waals surface area contributed by atoms with Gasteiger partial charge in [0.05, 0.1) is 35.1 Å². The number of carbonyl (C=O) groups is 1. The van der Waals surface area contributed by atoms with Crippen molar-refractivity contribution in [3.8, 4) is 0 Å². The molecular weight excluding hydrogens is 437 g/mol. The van der Waals surface area contributed by atoms with Crippen molar-refractivity contribution in [1.29, 1.82) is 0 Å². The van der Waals surface area contributed by atoms with Crippen LogP contribution >= 0.6 is 11.3 Å². The summed E-state index contributed by atoms with van der Waals surface area (Å²) in [6, 6.07) is 0.437. The fourth-order valence-electron chi connectivity index (χ4n) is 3.80. The van der Waals surface area contributed by atoms with E-state index in [1.165, 1.54) is 11.3 Å². The van der Waals surface area contributed by atoms with Crippen molar-refractivity contribution >= 4 is 17.3 Å². The van der Waals surface area contributed by atoms with Crippen LogP contribution in [0.1, 0.15) is 27.7 Å². The molecule has 2 aliphatic rings. The molecule has 172 valence electrons. The Balaban J connectivity index is 0.000000339. The number of aliphatic carboxylic acids is 1. The first-order valence-corrected chi connectivity index (χ1v) is 10.6. The summed E-state index contributed by atoms with van der Waals surface area (Å²) in [5.74, 6) is -1.82. The molecule has 2 saturated heterocycles. The van der Waals surface area contributed by atoms with Crippen LogP contribution in [-0.4, -0.2) is 75.6 Å². The van der Waals surface area contributed by atoms with E-state index in [2.05, 4.69) is 32.2 Å². The average molecular weight is 462 g/mol. The number of alkyl halides is 3. The van der Waals surface area contributed by atoms with Gasteiger partial charge in [0.25, 0.3) is 0 Å². The number of aryl methyl sites for hydroxylation is 3. The molecule has 0 aromatic carbocycles. The molecule has 31 heavy (non-hydrogen) atoms. The Kier molecular flexibility index (Phi) is 7.35. The maximum absolute atomic E-state index is 10.6. The summed E-state index contributed by atoms with van der Waals surface area (Å²) >= 11 is 1.72. The normalized spacial score (nSPS) is 22.1. The van der Waals surface area contributed by atoms with Crippen molar-refractivity contribution in [2.75, 3.05) is 26.2 Å². The largest absolute Gasteiger partial charge is 0.490 e. The molecule has 2 fully saturated rings. The van der Waals surface area contributed by atoms with Gasteiger partial charge in [-0.3, -0.25) is 9.80 Å². The zero-order chi connectivity index (χ0) is 22.8. The van der Waals surface area contributed by atoms with Crippen LogP contribution in [0.2, 0.25) is 0 Å². The van der Waals surface area contributed by atoms with Gasteiger partial charge < -0.3 is 14.4 Å². The highest BCUT2D eigenvalue weighted by atomic mass is 32.1. The predicted molar refractivity (Wildman–Crippen MR) is 106 cm³/mol. The molecular formula is C19H25F3N4O4S. The number of carboxylic acids is 1. The summed E-state index contributed by atoms with van der Waals surface area (Å²) in [6.07, 6.45) is -4.79. The van der Waals surface area contributed by atoms with Crippen molar-refractivity contribution in [3.05, 3.63) is 33.1 Å². The van der Waals surface area contributed by atoms with Crippen LogP contribution in [-0.2, 0) is 22.6 Å². The van der Waals surface area contributed by atoms with Crippen LogP contribution in [0, 0.1) is 20.8 Å². The van der Waals surface area contributed by atoms with Gasteiger partial charge in [-0.1, -0.05) is 5.16 Å². The monoisotopic (exact) mass is 462 g/mol. The number of halogens is 3. The van der Waals surface area contributed by atoms with Crippen molar-refractivity contribution in [2.24, 2.45) is 0 Å². The molecule has 2 aromatic heterocycles. The number of nitrogens with zero attached hydrogens (tertiary/aromatic N) is 4. The van der Waals surface area contributed by atoms with Crippen LogP contribution in [0.15, 0.2) is 9.90 Å². The third kappa shape index (κ3) is 6.03. The summed E-state index contributed by atoms with van der Waals surface area (Å²) in [5.41, 5.74) is 3.40. The van der Waals surface area contributed by atoms with E-state index in [4.69, 9.17) is 19.2 Å². The third-order valence-electron chi connectivity index (χ3n) is 5.33. The van der Waals surface area contributed by atoms with Gasteiger partial charge in [-0.25, -0.2) is 9.78 Å². The topological polar surface area (TPSA) is 91.9 Å². The number of likely N-dealkylation sites (tertiary alicyclic amines) is 1. The highest BCUT2D eigenvalue weighted by Gasteiger charge is 2.40. The van der Waals surface area contributed by atoms with E-state index < -0.39 is 12.1 Å². The minimum Gasteiger partial charge on any atom is -0.475 e. The number of aromatic nitrogens is 2. The Morgan fingerprint density at radius 3 is 2.55 bits per heavy atom. The molecule has 0 radical (unpaired) electrons. The lowest BCUT2D eigenvalue weighted by Gasteiger charge is -2.36. The molecule has 2 aromatic rings. The molecule has 2 aliphatic heterocycles. The van der Waals surface area contributed by atoms with E-state index >= 15 is 0 Å². The standard InChI is InChI=1S/C17H24N4O2S.C2HF3O2/c1-11-15(12(2)23-19-11)7-21-4-5-22-17-9-20(8-16(17)21)6-14-10-24-13(3)18-14;3-2(4,5)1(6)7/h10,16-17H,4-9H2,1-3H3;(H,6,7)/t16-,17+;/m1./s1. The number of carboxylic acid groups (broad SMARTS) is 1. The van der Waals surface area contributed by atoms with Crippen LogP contribution in [0.4, 0.5) is 13.2 Å². The maximum atomic E-state index is 10.6. The van der Waals surface area contributed by atoms with Crippen molar-refractivity contribution in [1.82, 2.24) is 19.9 Å². The van der Waals surface area contributed by atoms with Crippen molar-refractivity contribution in [2.45, 2.75) is 52.2 Å². The predicted octanol–water partition coefficient (Wildman–Crippen LogP) is 2.77. The van der Waals surface area contributed by atoms with Crippen LogP contribution in [0.5, 0.6) is 0 Å². The molecule has 0 amide bonds. The number of morpholine rings is 1. The molecule has 0 spiro atoms. The van der Waals surface area contributed by atoms with Gasteiger partial charge in [-0.2, -0.15) is 13.2 Å². The first kappa shape index (κ1) is 23.6. The van der Waals surface area contributed by atoms with E-state index in [-0.39, 0.29) is 0 Å². The first-order valence-electron chi connectivity index (χ1n) is 9.75. The van der Waals surface area contributed by atoms with Gasteiger partial charge in [-0.05, 0) is 20.8 Å². The molecule has 0 bridgehead atoms. The highest BCUT2D eigenvalue weighted by Crippen LogP contribution is 2.27. The average Bonchev–Trinajstić information content (AvgIpc) is 3.37. The zero-order valence-electron chi connectivity index (χ0n) is 17.5. The summed E-state index contributed by atoms with van der Waals surface area (Å²) in [4.78, 5) is 18.5. The number of hydrogen-bond acceptors (Lipinski definition) is 8. The number of ether oxygens (including phenoxy) is 1. The summed E-state index contributed by atoms with van der Waals surface area (Å²) in [6.45, 7) is 11.7. The van der Waals surface area contributed by atoms with Gasteiger partial charge >= 0.3 is 12.1 Å². The minimum absolute atomic E-state index is 0.291. The molecule has 0 aliphatic carbocycles. The molecule has 0 saturated carbocycles. The number of hydrogen-bond donors (Lipinski definition) is 1. The molecule has 2 atom stereocenters. The molecule has 12 heteroatoms. The minimum atomic E-state index is -5.08. The second-order valence-corrected chi connectivity index (χ2v) is 8.67. The zero-order valence-corrected chi connectivity index (χ0v) is 18.3. The molecule has 4 rings (SSSR count). The van der Waals surface area contributed by atoms with Crippen LogP contribution < -0.4 is 0 Å². The second kappa shape index (κ2) is 9.63. The Morgan fingerprint density at radius 1 is 1.29 bits per heavy atom. The van der Waals surface area contributed by atoms with Gasteiger partial charge in [0, 0.05) is 43.7 Å². The number of thiazole rings is 1. The Labute approximate surface area is 181 Å². The SMILES string of the molecule is Cc1nc(CN2C[C@@H]3OCCN(Cc4c(C)noc4C)[C@@H]3C2)cs1.O=C(O)C(F)(F)F. The maximum Gasteiger partial charge on any atom is 0.490 e. The van der Waals surface area contributed by atoms with Crippen molar-refractivity contribution < 1.29 is 32.3 Å². The van der Waals surface area contributed by atoms with E-state index in [0.717, 1.165) is 55.8 Å². The fourth-order valence-corrected chi connectivity index (χ4v) is 4.40. The number of fused-ring (bicyclic) bond motifs is 1. The summed E-state index contributed by atoms with van der Waals surface area (Å²) in [7, 11) is 0. The quantitative estimate of drug-likeness (QED) is 0.742. The summed E-state index contributed by atoms with van der Waals surface area (Å²) < 4.78 is 43.1. The Morgan fingerprint density at radius 2 is 2.00 bits per heavy atom. The van der Waals surface area contributed by atoms with Crippen LogP contribution in [0.25, 0.3) is 0 Å². The van der Waals surface area contributed by atoms with Gasteiger partial charge in [0.15, 0.2) is 0 Å². The van der Waals surface area contributed by atoms with Gasteiger partial charge in [-0.15, -0.1) is 11.3 Å². The smallest absolute Gasteiger partial charge is 0.475 e. The lowest BCUT2D eigenvalue weighted by Crippen LogP contribution is -2.50. The van der Waals surface area contributed by atoms with Gasteiger partial charge in [0.2, 0.25) is 0 Å². The lowest BCUT2D eigenvalue weighted by molar-refractivity contribution is -0.192. The fraction of sp³-hybridized carbons (Fsp3) is 0.632. The molecule has 1 N–H and O–H groups in total. The first-order chi connectivity index (χ1) is 14.5. The Bertz CT molecular complexity index is 882. The Hall–Kier alpha value is -2.02. The van der Waals surface area contributed by atoms with Gasteiger partial charge in [0.1, 0.15) is 5.76 Å². The van der Waals surface area contributed by atoms with E-state index in [1.54, 1.807) is 11.3 Å². The van der Waals surface area contributed by atoms with E-state index in [1.807, 2.05) is 13.8 Å². The molecule has 8 nitrogen and oxygen atoms in total. The highest BCUT2D eigenvalue weighted by molar-refractivity contribution is 7.09. The van der Waals surface area contributed by atoms with E-state index in [0.29, 0.717) is 12.1 Å².